The smallest absolute Gasteiger partial charge is 0.250 e. The van der Waals surface area contributed by atoms with Crippen LogP contribution in [0, 0.1) is 22.7 Å². The standard InChI is InChI=1S/C13H13N5O3/c1-20-8-13(19)16-11-5-9(3-4-12(11)21-2)17-18-10(6-14)7-15/h3-5,17H,8H2,1-2H3,(H,16,19). The van der Waals surface area contributed by atoms with E-state index in [4.69, 9.17) is 20.0 Å². The minimum Gasteiger partial charge on any atom is -0.495 e. The molecular formula is C13H13N5O3. The second-order valence-corrected chi connectivity index (χ2v) is 3.69. The summed E-state index contributed by atoms with van der Waals surface area (Å²) in [5.74, 6) is 0.112. The van der Waals surface area contributed by atoms with E-state index in [-0.39, 0.29) is 18.2 Å². The van der Waals surface area contributed by atoms with Crippen LogP contribution in [0.15, 0.2) is 23.3 Å². The average Bonchev–Trinajstić information content (AvgIpc) is 2.48. The van der Waals surface area contributed by atoms with Gasteiger partial charge in [-0.15, -0.1) is 0 Å². The number of amides is 1. The first-order valence-electron chi connectivity index (χ1n) is 5.75. The molecule has 8 nitrogen and oxygen atoms in total. The SMILES string of the molecule is COCC(=O)Nc1cc(NN=C(C#N)C#N)ccc1OC. The van der Waals surface area contributed by atoms with E-state index in [9.17, 15) is 4.79 Å². The van der Waals surface area contributed by atoms with Gasteiger partial charge >= 0.3 is 0 Å². The maximum atomic E-state index is 11.5. The van der Waals surface area contributed by atoms with Crippen molar-refractivity contribution in [1.29, 1.82) is 10.5 Å². The molecule has 0 aliphatic rings. The zero-order chi connectivity index (χ0) is 15.7. The van der Waals surface area contributed by atoms with Gasteiger partial charge in [0.1, 0.15) is 24.5 Å². The van der Waals surface area contributed by atoms with Gasteiger partial charge in [0, 0.05) is 7.11 Å². The Hall–Kier alpha value is -3.10. The van der Waals surface area contributed by atoms with Crippen LogP contribution in [0.3, 0.4) is 0 Å². The number of hydrogen-bond donors (Lipinski definition) is 2. The zero-order valence-corrected chi connectivity index (χ0v) is 11.5. The summed E-state index contributed by atoms with van der Waals surface area (Å²) in [6, 6.07) is 8.04. The number of benzene rings is 1. The Morgan fingerprint density at radius 2 is 2.05 bits per heavy atom. The first kappa shape index (κ1) is 16.0. The van der Waals surface area contributed by atoms with Gasteiger partial charge in [-0.05, 0) is 18.2 Å². The molecule has 0 atom stereocenters. The molecule has 0 radical (unpaired) electrons. The monoisotopic (exact) mass is 287 g/mol. The first-order chi connectivity index (χ1) is 10.1. The minimum atomic E-state index is -0.341. The summed E-state index contributed by atoms with van der Waals surface area (Å²) >= 11 is 0. The molecule has 0 aromatic heterocycles. The van der Waals surface area contributed by atoms with Crippen LogP contribution in [0.25, 0.3) is 0 Å². The van der Waals surface area contributed by atoms with Crippen LogP contribution in [-0.4, -0.2) is 32.4 Å². The van der Waals surface area contributed by atoms with Crippen LogP contribution in [-0.2, 0) is 9.53 Å². The van der Waals surface area contributed by atoms with E-state index in [1.54, 1.807) is 30.3 Å². The maximum Gasteiger partial charge on any atom is 0.250 e. The van der Waals surface area contributed by atoms with Gasteiger partial charge < -0.3 is 14.8 Å². The molecule has 0 unspecified atom stereocenters. The average molecular weight is 287 g/mol. The second-order valence-electron chi connectivity index (χ2n) is 3.69. The molecule has 2 N–H and O–H groups in total. The molecule has 1 aromatic carbocycles. The molecule has 0 spiro atoms. The largest absolute Gasteiger partial charge is 0.495 e. The highest BCUT2D eigenvalue weighted by atomic mass is 16.5. The van der Waals surface area contributed by atoms with Gasteiger partial charge in [0.05, 0.1) is 18.5 Å². The van der Waals surface area contributed by atoms with Crippen molar-refractivity contribution in [3.05, 3.63) is 18.2 Å². The molecule has 1 aromatic rings. The summed E-state index contributed by atoms with van der Waals surface area (Å²) < 4.78 is 9.85. The van der Waals surface area contributed by atoms with E-state index < -0.39 is 0 Å². The lowest BCUT2D eigenvalue weighted by molar-refractivity contribution is -0.119. The number of hydrazone groups is 1. The highest BCUT2D eigenvalue weighted by Crippen LogP contribution is 2.27. The number of rotatable bonds is 6. The number of carbonyl (C=O) groups excluding carboxylic acids is 1. The quantitative estimate of drug-likeness (QED) is 0.597. The Bertz CT molecular complexity index is 612. The predicted molar refractivity (Wildman–Crippen MR) is 75.8 cm³/mol. The molecule has 0 bridgehead atoms. The summed E-state index contributed by atoms with van der Waals surface area (Å²) in [7, 11) is 2.88. The van der Waals surface area contributed by atoms with E-state index >= 15 is 0 Å². The lowest BCUT2D eigenvalue weighted by Gasteiger charge is -2.11. The van der Waals surface area contributed by atoms with E-state index in [0.717, 1.165) is 0 Å². The molecule has 1 amide bonds. The molecule has 108 valence electrons. The van der Waals surface area contributed by atoms with Crippen molar-refractivity contribution >= 4 is 23.0 Å². The van der Waals surface area contributed by atoms with Gasteiger partial charge in [0.2, 0.25) is 11.6 Å². The van der Waals surface area contributed by atoms with Crippen LogP contribution >= 0.6 is 0 Å². The number of nitrogens with zero attached hydrogens (tertiary/aromatic N) is 3. The highest BCUT2D eigenvalue weighted by molar-refractivity contribution is 6.10. The van der Waals surface area contributed by atoms with Crippen molar-refractivity contribution in [3.63, 3.8) is 0 Å². The van der Waals surface area contributed by atoms with Gasteiger partial charge in [-0.3, -0.25) is 10.2 Å². The molecule has 8 heteroatoms. The fourth-order valence-electron chi connectivity index (χ4n) is 1.39. The summed E-state index contributed by atoms with van der Waals surface area (Å²) in [5.41, 5.74) is 3.13. The number of nitriles is 2. The van der Waals surface area contributed by atoms with Gasteiger partial charge in [-0.1, -0.05) is 0 Å². The Balaban J connectivity index is 2.95. The molecule has 1 rings (SSSR count). The highest BCUT2D eigenvalue weighted by Gasteiger charge is 2.08. The maximum absolute atomic E-state index is 11.5. The van der Waals surface area contributed by atoms with E-state index in [1.165, 1.54) is 14.2 Å². The Morgan fingerprint density at radius 3 is 2.62 bits per heavy atom. The zero-order valence-electron chi connectivity index (χ0n) is 11.5. The molecule has 0 saturated carbocycles. The number of ether oxygens (including phenoxy) is 2. The summed E-state index contributed by atoms with van der Waals surface area (Å²) in [5, 5.41) is 23.4. The van der Waals surface area contributed by atoms with Crippen LogP contribution < -0.4 is 15.5 Å². The lowest BCUT2D eigenvalue weighted by Crippen LogP contribution is -2.17. The van der Waals surface area contributed by atoms with Gasteiger partial charge in [0.15, 0.2) is 0 Å². The third kappa shape index (κ3) is 4.82. The van der Waals surface area contributed by atoms with Crippen LogP contribution in [0.2, 0.25) is 0 Å². The normalized spacial score (nSPS) is 8.95. The van der Waals surface area contributed by atoms with Crippen molar-refractivity contribution in [2.75, 3.05) is 31.6 Å². The fraction of sp³-hybridized carbons (Fsp3) is 0.231. The van der Waals surface area contributed by atoms with Crippen LogP contribution in [0.4, 0.5) is 11.4 Å². The minimum absolute atomic E-state index is 0.0913. The van der Waals surface area contributed by atoms with E-state index in [2.05, 4.69) is 15.8 Å². The third-order valence-electron chi connectivity index (χ3n) is 2.26. The summed E-state index contributed by atoms with van der Waals surface area (Å²) in [4.78, 5) is 11.5. The van der Waals surface area contributed by atoms with Crippen molar-refractivity contribution in [3.8, 4) is 17.9 Å². The van der Waals surface area contributed by atoms with Crippen LogP contribution in [0.1, 0.15) is 0 Å². The van der Waals surface area contributed by atoms with Gasteiger partial charge in [-0.25, -0.2) is 0 Å². The topological polar surface area (TPSA) is 120 Å². The molecular weight excluding hydrogens is 274 g/mol. The molecule has 21 heavy (non-hydrogen) atoms. The van der Waals surface area contributed by atoms with Crippen molar-refractivity contribution in [1.82, 2.24) is 0 Å². The molecule has 0 fully saturated rings. The summed E-state index contributed by atoms with van der Waals surface area (Å²) in [6.07, 6.45) is 0. The van der Waals surface area contributed by atoms with Crippen molar-refractivity contribution in [2.45, 2.75) is 0 Å². The first-order valence-corrected chi connectivity index (χ1v) is 5.75. The predicted octanol–water partition coefficient (Wildman–Crippen LogP) is 1.10. The molecule has 0 saturated heterocycles. The number of hydrogen-bond acceptors (Lipinski definition) is 7. The van der Waals surface area contributed by atoms with Crippen LogP contribution in [0.5, 0.6) is 5.75 Å². The van der Waals surface area contributed by atoms with Crippen molar-refractivity contribution in [2.24, 2.45) is 5.10 Å². The van der Waals surface area contributed by atoms with Gasteiger partial charge in [0.25, 0.3) is 0 Å². The number of nitrogens with one attached hydrogen (secondary N) is 2. The Kier molecular flexibility index (Phi) is 6.19. The van der Waals surface area contributed by atoms with E-state index in [1.807, 2.05) is 0 Å². The second kappa shape index (κ2) is 8.15. The molecule has 0 aliphatic carbocycles. The number of carbonyl (C=O) groups is 1. The number of anilines is 2. The van der Waals surface area contributed by atoms with Gasteiger partial charge in [-0.2, -0.15) is 15.6 Å². The lowest BCUT2D eigenvalue weighted by atomic mass is 10.2. The Labute approximate surface area is 121 Å². The third-order valence-corrected chi connectivity index (χ3v) is 2.26. The number of methoxy groups -OCH3 is 2. The Morgan fingerprint density at radius 1 is 1.33 bits per heavy atom. The van der Waals surface area contributed by atoms with E-state index in [0.29, 0.717) is 17.1 Å². The molecule has 0 aliphatic heterocycles. The van der Waals surface area contributed by atoms with Crippen molar-refractivity contribution < 1.29 is 14.3 Å². The fourth-order valence-corrected chi connectivity index (χ4v) is 1.39. The molecule has 0 heterocycles. The summed E-state index contributed by atoms with van der Waals surface area (Å²) in [6.45, 7) is -0.0913.